The molecule has 0 radical (unpaired) electrons. The fourth-order valence-corrected chi connectivity index (χ4v) is 2.69. The van der Waals surface area contributed by atoms with Crippen LogP contribution in [-0.2, 0) is 4.79 Å². The predicted molar refractivity (Wildman–Crippen MR) is 98.2 cm³/mol. The lowest BCUT2D eigenvalue weighted by atomic mass is 10.1. The van der Waals surface area contributed by atoms with Gasteiger partial charge >= 0.3 is 5.97 Å². The number of fused-ring (bicyclic) bond motifs is 1. The van der Waals surface area contributed by atoms with E-state index in [0.29, 0.717) is 46.6 Å². The van der Waals surface area contributed by atoms with Crippen LogP contribution in [0.25, 0.3) is 6.08 Å². The lowest BCUT2D eigenvalue weighted by Crippen LogP contribution is -2.04. The number of rotatable bonds is 4. The molecule has 1 heterocycles. The molecule has 0 unspecified atom stereocenters. The van der Waals surface area contributed by atoms with Crippen LogP contribution >= 0.6 is 11.6 Å². The first-order valence-corrected chi connectivity index (χ1v) is 8.51. The summed E-state index contributed by atoms with van der Waals surface area (Å²) in [6.07, 6.45) is 3.67. The quantitative estimate of drug-likeness (QED) is 0.346. The average molecular weight is 373 g/mol. The number of hydrogen-bond donors (Lipinski definition) is 0. The maximum absolute atomic E-state index is 12.0. The molecule has 1 aliphatic rings. The SMILES string of the molecule is CC(=O)c1ccc(OC(=O)/C=C/c2cc(Cl)c3c(c2)OCCCO3)cc1. The van der Waals surface area contributed by atoms with E-state index in [1.807, 2.05) is 0 Å². The summed E-state index contributed by atoms with van der Waals surface area (Å²) in [4.78, 5) is 23.2. The minimum atomic E-state index is -0.538. The highest BCUT2D eigenvalue weighted by Crippen LogP contribution is 2.38. The van der Waals surface area contributed by atoms with Crippen LogP contribution in [0.2, 0.25) is 5.02 Å². The molecule has 0 saturated carbocycles. The van der Waals surface area contributed by atoms with Crippen LogP contribution in [0.15, 0.2) is 42.5 Å². The van der Waals surface area contributed by atoms with Crippen LogP contribution in [0.3, 0.4) is 0 Å². The first-order chi connectivity index (χ1) is 12.5. The third-order valence-corrected chi connectivity index (χ3v) is 4.00. The van der Waals surface area contributed by atoms with E-state index < -0.39 is 5.97 Å². The van der Waals surface area contributed by atoms with Crippen molar-refractivity contribution in [1.82, 2.24) is 0 Å². The molecule has 6 heteroatoms. The third kappa shape index (κ3) is 4.43. The summed E-state index contributed by atoms with van der Waals surface area (Å²) in [5, 5.41) is 0.428. The summed E-state index contributed by atoms with van der Waals surface area (Å²) in [6, 6.07) is 9.83. The maximum atomic E-state index is 12.0. The van der Waals surface area contributed by atoms with Crippen LogP contribution in [0.5, 0.6) is 17.2 Å². The summed E-state index contributed by atoms with van der Waals surface area (Å²) >= 11 is 6.22. The van der Waals surface area contributed by atoms with Gasteiger partial charge in [0.05, 0.1) is 18.2 Å². The highest BCUT2D eigenvalue weighted by molar-refractivity contribution is 6.32. The van der Waals surface area contributed by atoms with E-state index in [1.165, 1.54) is 13.0 Å². The zero-order valence-electron chi connectivity index (χ0n) is 14.2. The number of esters is 1. The van der Waals surface area contributed by atoms with Gasteiger partial charge in [0.25, 0.3) is 0 Å². The molecule has 26 heavy (non-hydrogen) atoms. The number of carbonyl (C=O) groups is 2. The van der Waals surface area contributed by atoms with E-state index in [2.05, 4.69) is 0 Å². The van der Waals surface area contributed by atoms with Crippen molar-refractivity contribution < 1.29 is 23.8 Å². The van der Waals surface area contributed by atoms with Gasteiger partial charge < -0.3 is 14.2 Å². The number of hydrogen-bond acceptors (Lipinski definition) is 5. The van der Waals surface area contributed by atoms with E-state index in [-0.39, 0.29) is 5.78 Å². The third-order valence-electron chi connectivity index (χ3n) is 3.72. The van der Waals surface area contributed by atoms with Crippen LogP contribution in [0, 0.1) is 0 Å². The van der Waals surface area contributed by atoms with Crippen molar-refractivity contribution in [3.05, 3.63) is 58.6 Å². The molecule has 3 rings (SSSR count). The van der Waals surface area contributed by atoms with Gasteiger partial charge in [0.1, 0.15) is 5.75 Å². The van der Waals surface area contributed by atoms with Gasteiger partial charge in [0.2, 0.25) is 0 Å². The number of benzene rings is 2. The van der Waals surface area contributed by atoms with Crippen molar-refractivity contribution in [2.24, 2.45) is 0 Å². The number of carbonyl (C=O) groups excluding carboxylic acids is 2. The molecular weight excluding hydrogens is 356 g/mol. The van der Waals surface area contributed by atoms with Gasteiger partial charge in [-0.15, -0.1) is 0 Å². The Balaban J connectivity index is 1.69. The van der Waals surface area contributed by atoms with Crippen molar-refractivity contribution in [1.29, 1.82) is 0 Å². The zero-order valence-corrected chi connectivity index (χ0v) is 14.9. The molecule has 0 atom stereocenters. The van der Waals surface area contributed by atoms with E-state index in [9.17, 15) is 9.59 Å². The van der Waals surface area contributed by atoms with Gasteiger partial charge in [-0.25, -0.2) is 4.79 Å². The molecule has 0 N–H and O–H groups in total. The van der Waals surface area contributed by atoms with Crippen molar-refractivity contribution in [3.8, 4) is 17.2 Å². The second-order valence-corrected chi connectivity index (χ2v) is 6.12. The molecule has 134 valence electrons. The second-order valence-electron chi connectivity index (χ2n) is 5.72. The lowest BCUT2D eigenvalue weighted by molar-refractivity contribution is -0.128. The van der Waals surface area contributed by atoms with Gasteiger partial charge in [-0.1, -0.05) is 11.6 Å². The summed E-state index contributed by atoms with van der Waals surface area (Å²) in [6.45, 7) is 2.58. The number of ether oxygens (including phenoxy) is 3. The lowest BCUT2D eigenvalue weighted by Gasteiger charge is -2.09. The van der Waals surface area contributed by atoms with Crippen LogP contribution < -0.4 is 14.2 Å². The summed E-state index contributed by atoms with van der Waals surface area (Å²) in [7, 11) is 0. The molecule has 1 aliphatic heterocycles. The topological polar surface area (TPSA) is 61.8 Å². The molecule has 2 aromatic carbocycles. The zero-order chi connectivity index (χ0) is 18.5. The Labute approximate surface area is 156 Å². The predicted octanol–water partition coefficient (Wildman–Crippen LogP) is 4.32. The molecule has 5 nitrogen and oxygen atoms in total. The second kappa shape index (κ2) is 8.06. The van der Waals surface area contributed by atoms with Gasteiger partial charge in [0, 0.05) is 18.1 Å². The van der Waals surface area contributed by atoms with Crippen LogP contribution in [-0.4, -0.2) is 25.0 Å². The van der Waals surface area contributed by atoms with Crippen molar-refractivity contribution >= 4 is 29.4 Å². The molecule has 2 aromatic rings. The number of ketones is 1. The minimum absolute atomic E-state index is 0.0472. The van der Waals surface area contributed by atoms with Gasteiger partial charge in [-0.3, -0.25) is 4.79 Å². The van der Waals surface area contributed by atoms with Crippen molar-refractivity contribution in [2.75, 3.05) is 13.2 Å². The standard InChI is InChI=1S/C20H17ClO5/c1-13(22)15-4-6-16(7-5-15)26-19(23)8-3-14-11-17(21)20-18(12-14)24-9-2-10-25-20/h3-8,11-12H,2,9-10H2,1H3/b8-3+. The Hall–Kier alpha value is -2.79. The molecule has 0 saturated heterocycles. The average Bonchev–Trinajstić information content (AvgIpc) is 2.86. The molecule has 0 amide bonds. The smallest absolute Gasteiger partial charge is 0.336 e. The van der Waals surface area contributed by atoms with Gasteiger partial charge in [-0.05, 0) is 55.0 Å². The van der Waals surface area contributed by atoms with E-state index in [0.717, 1.165) is 6.42 Å². The Bertz CT molecular complexity index is 855. The van der Waals surface area contributed by atoms with Gasteiger partial charge in [-0.2, -0.15) is 0 Å². The molecule has 0 spiro atoms. The van der Waals surface area contributed by atoms with E-state index in [1.54, 1.807) is 42.5 Å². The normalized spacial score (nSPS) is 13.3. The Morgan fingerprint density at radius 1 is 1.12 bits per heavy atom. The number of halogens is 1. The Morgan fingerprint density at radius 2 is 1.85 bits per heavy atom. The molecule has 0 bridgehead atoms. The molecule has 0 fully saturated rings. The van der Waals surface area contributed by atoms with Gasteiger partial charge in [0.15, 0.2) is 17.3 Å². The Morgan fingerprint density at radius 3 is 2.58 bits per heavy atom. The van der Waals surface area contributed by atoms with Crippen LogP contribution in [0.1, 0.15) is 29.3 Å². The van der Waals surface area contributed by atoms with Crippen molar-refractivity contribution in [3.63, 3.8) is 0 Å². The highest BCUT2D eigenvalue weighted by atomic mass is 35.5. The minimum Gasteiger partial charge on any atom is -0.489 e. The molecular formula is C20H17ClO5. The summed E-state index contributed by atoms with van der Waals surface area (Å²) in [5.41, 5.74) is 1.25. The first-order valence-electron chi connectivity index (χ1n) is 8.13. The molecule has 0 aliphatic carbocycles. The first kappa shape index (κ1) is 18.0. The highest BCUT2D eigenvalue weighted by Gasteiger charge is 2.15. The van der Waals surface area contributed by atoms with Crippen LogP contribution in [0.4, 0.5) is 0 Å². The largest absolute Gasteiger partial charge is 0.489 e. The maximum Gasteiger partial charge on any atom is 0.336 e. The fraction of sp³-hybridized carbons (Fsp3) is 0.200. The summed E-state index contributed by atoms with van der Waals surface area (Å²) in [5.74, 6) is 0.858. The monoisotopic (exact) mass is 372 g/mol. The van der Waals surface area contributed by atoms with E-state index >= 15 is 0 Å². The van der Waals surface area contributed by atoms with Crippen molar-refractivity contribution in [2.45, 2.75) is 13.3 Å². The molecule has 0 aromatic heterocycles. The number of Topliss-reactive ketones (excluding diaryl/α,β-unsaturated/α-hetero) is 1. The summed E-state index contributed by atoms with van der Waals surface area (Å²) < 4.78 is 16.4. The Kier molecular flexibility index (Phi) is 5.58. The van der Waals surface area contributed by atoms with E-state index in [4.69, 9.17) is 25.8 Å². The fourth-order valence-electron chi connectivity index (χ4n) is 2.42.